The van der Waals surface area contributed by atoms with E-state index in [0.717, 1.165) is 29.7 Å². The zero-order valence-corrected chi connectivity index (χ0v) is 14.8. The Labute approximate surface area is 141 Å². The summed E-state index contributed by atoms with van der Waals surface area (Å²) in [6.45, 7) is 7.38. The predicted octanol–water partition coefficient (Wildman–Crippen LogP) is 3.23. The SMILES string of the molecule is CCN(CC)C(=O)C(C)Sc1nccn1-c1ccc(OC)cc1. The quantitative estimate of drug-likeness (QED) is 0.730. The van der Waals surface area contributed by atoms with Crippen molar-refractivity contribution in [3.63, 3.8) is 0 Å². The van der Waals surface area contributed by atoms with E-state index in [1.807, 2.05) is 60.7 Å². The highest BCUT2D eigenvalue weighted by molar-refractivity contribution is 8.00. The van der Waals surface area contributed by atoms with Crippen LogP contribution in [0.3, 0.4) is 0 Å². The average Bonchev–Trinajstić information content (AvgIpc) is 3.04. The Balaban J connectivity index is 2.15. The van der Waals surface area contributed by atoms with Crippen molar-refractivity contribution in [2.24, 2.45) is 0 Å². The van der Waals surface area contributed by atoms with Crippen molar-refractivity contribution >= 4 is 17.7 Å². The maximum atomic E-state index is 12.4. The molecule has 0 aliphatic carbocycles. The molecule has 0 spiro atoms. The number of nitrogens with zero attached hydrogens (tertiary/aromatic N) is 3. The van der Waals surface area contributed by atoms with E-state index in [4.69, 9.17) is 4.74 Å². The van der Waals surface area contributed by atoms with Gasteiger partial charge in [0, 0.05) is 31.2 Å². The third-order valence-corrected chi connectivity index (χ3v) is 4.73. The van der Waals surface area contributed by atoms with Gasteiger partial charge in [-0.2, -0.15) is 0 Å². The fourth-order valence-corrected chi connectivity index (χ4v) is 3.28. The molecule has 0 aliphatic rings. The summed E-state index contributed by atoms with van der Waals surface area (Å²) in [4.78, 5) is 18.7. The van der Waals surface area contributed by atoms with Crippen molar-refractivity contribution in [1.29, 1.82) is 0 Å². The molecule has 0 fully saturated rings. The molecule has 1 aromatic carbocycles. The summed E-state index contributed by atoms with van der Waals surface area (Å²) in [6.07, 6.45) is 3.65. The highest BCUT2D eigenvalue weighted by atomic mass is 32.2. The molecule has 2 aromatic rings. The molecule has 1 heterocycles. The second-order valence-corrected chi connectivity index (χ2v) is 6.36. The standard InChI is InChI=1S/C17H23N3O2S/c1-5-19(6-2)16(21)13(3)23-17-18-11-12-20(17)14-7-9-15(22-4)10-8-14/h7-13H,5-6H2,1-4H3. The van der Waals surface area contributed by atoms with E-state index < -0.39 is 0 Å². The number of thioether (sulfide) groups is 1. The van der Waals surface area contributed by atoms with Crippen molar-refractivity contribution in [3.05, 3.63) is 36.7 Å². The zero-order chi connectivity index (χ0) is 16.8. The molecular weight excluding hydrogens is 310 g/mol. The molecule has 124 valence electrons. The summed E-state index contributed by atoms with van der Waals surface area (Å²) < 4.78 is 7.17. The van der Waals surface area contributed by atoms with Crippen LogP contribution in [0, 0.1) is 0 Å². The van der Waals surface area contributed by atoms with Crippen LogP contribution in [0.25, 0.3) is 5.69 Å². The van der Waals surface area contributed by atoms with Crippen molar-refractivity contribution in [3.8, 4) is 11.4 Å². The minimum absolute atomic E-state index is 0.143. The van der Waals surface area contributed by atoms with Crippen LogP contribution >= 0.6 is 11.8 Å². The molecule has 0 aliphatic heterocycles. The number of ether oxygens (including phenoxy) is 1. The average molecular weight is 333 g/mol. The third-order valence-electron chi connectivity index (χ3n) is 3.66. The maximum Gasteiger partial charge on any atom is 0.235 e. The Hall–Kier alpha value is -1.95. The number of carbonyl (C=O) groups is 1. The summed E-state index contributed by atoms with van der Waals surface area (Å²) in [5.41, 5.74) is 0.994. The van der Waals surface area contributed by atoms with Crippen LogP contribution in [0.4, 0.5) is 0 Å². The smallest absolute Gasteiger partial charge is 0.235 e. The number of hydrogen-bond donors (Lipinski definition) is 0. The van der Waals surface area contributed by atoms with Gasteiger partial charge in [-0.3, -0.25) is 9.36 Å². The molecule has 23 heavy (non-hydrogen) atoms. The molecule has 6 heteroatoms. The van der Waals surface area contributed by atoms with E-state index >= 15 is 0 Å². The van der Waals surface area contributed by atoms with Crippen molar-refractivity contribution in [2.75, 3.05) is 20.2 Å². The lowest BCUT2D eigenvalue weighted by atomic mass is 10.3. The number of amides is 1. The van der Waals surface area contributed by atoms with E-state index in [2.05, 4.69) is 4.98 Å². The largest absolute Gasteiger partial charge is 0.497 e. The number of aromatic nitrogens is 2. The van der Waals surface area contributed by atoms with Gasteiger partial charge in [0.15, 0.2) is 5.16 Å². The van der Waals surface area contributed by atoms with Gasteiger partial charge in [0.25, 0.3) is 0 Å². The fraction of sp³-hybridized carbons (Fsp3) is 0.412. The van der Waals surface area contributed by atoms with Crippen LogP contribution in [0.1, 0.15) is 20.8 Å². The number of benzene rings is 1. The summed E-state index contributed by atoms with van der Waals surface area (Å²) in [5.74, 6) is 0.956. The zero-order valence-electron chi connectivity index (χ0n) is 14.0. The Morgan fingerprint density at radius 2 is 1.96 bits per heavy atom. The lowest BCUT2D eigenvalue weighted by molar-refractivity contribution is -0.129. The van der Waals surface area contributed by atoms with E-state index in [9.17, 15) is 4.79 Å². The molecule has 1 atom stereocenters. The van der Waals surface area contributed by atoms with Crippen LogP contribution in [0.5, 0.6) is 5.75 Å². The molecule has 0 saturated carbocycles. The topological polar surface area (TPSA) is 47.4 Å². The van der Waals surface area contributed by atoms with Gasteiger partial charge in [0.1, 0.15) is 5.75 Å². The Bertz CT molecular complexity index is 636. The van der Waals surface area contributed by atoms with E-state index in [0.29, 0.717) is 0 Å². The molecule has 0 saturated heterocycles. The Morgan fingerprint density at radius 1 is 1.30 bits per heavy atom. The van der Waals surface area contributed by atoms with Gasteiger partial charge >= 0.3 is 0 Å². The van der Waals surface area contributed by atoms with Gasteiger partial charge in [-0.25, -0.2) is 4.98 Å². The third kappa shape index (κ3) is 4.07. The normalized spacial score (nSPS) is 12.0. The first-order chi connectivity index (χ1) is 11.1. The van der Waals surface area contributed by atoms with Crippen LogP contribution < -0.4 is 4.74 Å². The highest BCUT2D eigenvalue weighted by Gasteiger charge is 2.21. The van der Waals surface area contributed by atoms with Gasteiger partial charge in [0.05, 0.1) is 12.4 Å². The predicted molar refractivity (Wildman–Crippen MR) is 93.4 cm³/mol. The van der Waals surface area contributed by atoms with Crippen molar-refractivity contribution in [2.45, 2.75) is 31.2 Å². The molecule has 1 amide bonds. The van der Waals surface area contributed by atoms with Crippen LogP contribution in [-0.4, -0.2) is 45.8 Å². The first-order valence-electron chi connectivity index (χ1n) is 7.73. The summed E-state index contributed by atoms with van der Waals surface area (Å²) in [7, 11) is 1.65. The first-order valence-corrected chi connectivity index (χ1v) is 8.61. The minimum atomic E-state index is -0.172. The highest BCUT2D eigenvalue weighted by Crippen LogP contribution is 2.26. The monoisotopic (exact) mass is 333 g/mol. The maximum absolute atomic E-state index is 12.4. The number of methoxy groups -OCH3 is 1. The fourth-order valence-electron chi connectivity index (χ4n) is 2.32. The molecule has 0 N–H and O–H groups in total. The number of rotatable bonds is 7. The van der Waals surface area contributed by atoms with Crippen molar-refractivity contribution in [1.82, 2.24) is 14.5 Å². The second kappa shape index (κ2) is 8.06. The van der Waals surface area contributed by atoms with Crippen molar-refractivity contribution < 1.29 is 9.53 Å². The van der Waals surface area contributed by atoms with Crippen LogP contribution in [-0.2, 0) is 4.79 Å². The Kier molecular flexibility index (Phi) is 6.10. The summed E-state index contributed by atoms with van der Waals surface area (Å²) in [5, 5.41) is 0.637. The van der Waals surface area contributed by atoms with Gasteiger partial charge in [0.2, 0.25) is 5.91 Å². The van der Waals surface area contributed by atoms with E-state index in [-0.39, 0.29) is 11.2 Å². The van der Waals surface area contributed by atoms with Crippen LogP contribution in [0.2, 0.25) is 0 Å². The molecule has 2 rings (SSSR count). The molecule has 0 radical (unpaired) electrons. The number of hydrogen-bond acceptors (Lipinski definition) is 4. The first kappa shape index (κ1) is 17.4. The Morgan fingerprint density at radius 3 is 2.52 bits per heavy atom. The second-order valence-electron chi connectivity index (χ2n) is 5.05. The van der Waals surface area contributed by atoms with E-state index in [1.165, 1.54) is 11.8 Å². The molecular formula is C17H23N3O2S. The lowest BCUT2D eigenvalue weighted by Crippen LogP contribution is -2.36. The molecule has 1 aromatic heterocycles. The van der Waals surface area contributed by atoms with Crippen LogP contribution in [0.15, 0.2) is 41.8 Å². The molecule has 0 bridgehead atoms. The van der Waals surface area contributed by atoms with Gasteiger partial charge in [-0.15, -0.1) is 0 Å². The van der Waals surface area contributed by atoms with Gasteiger partial charge in [-0.05, 0) is 45.0 Å². The summed E-state index contributed by atoms with van der Waals surface area (Å²) >= 11 is 1.48. The van der Waals surface area contributed by atoms with E-state index in [1.54, 1.807) is 13.3 Å². The van der Waals surface area contributed by atoms with Gasteiger partial charge in [-0.1, -0.05) is 11.8 Å². The molecule has 5 nitrogen and oxygen atoms in total. The van der Waals surface area contributed by atoms with Gasteiger partial charge < -0.3 is 9.64 Å². The molecule has 1 unspecified atom stereocenters. The minimum Gasteiger partial charge on any atom is -0.497 e. The summed E-state index contributed by atoms with van der Waals surface area (Å²) in [6, 6.07) is 7.77. The number of carbonyl (C=O) groups excluding carboxylic acids is 1. The lowest BCUT2D eigenvalue weighted by Gasteiger charge is -2.22. The number of imidazole rings is 1.